The van der Waals surface area contributed by atoms with E-state index < -0.39 is 0 Å². The van der Waals surface area contributed by atoms with Gasteiger partial charge in [0, 0.05) is 29.4 Å². The number of hydrogen-bond donors (Lipinski definition) is 2. The summed E-state index contributed by atoms with van der Waals surface area (Å²) >= 11 is 2.06. The average molecular weight is 470 g/mol. The minimum Gasteiger partial charge on any atom is -0.357 e. The molecule has 3 rings (SSSR count). The van der Waals surface area contributed by atoms with E-state index in [0.717, 1.165) is 24.7 Å². The molecule has 0 aliphatic carbocycles. The molecule has 1 unspecified atom stereocenters. The summed E-state index contributed by atoms with van der Waals surface area (Å²) in [6.07, 6.45) is 4.45. The molecule has 0 saturated carbocycles. The summed E-state index contributed by atoms with van der Waals surface area (Å²) in [5, 5.41) is 9.25. The van der Waals surface area contributed by atoms with Gasteiger partial charge in [0.2, 0.25) is 0 Å². The number of thioether (sulfide) groups is 1. The molecule has 2 N–H and O–H groups in total. The SMILES string of the molecule is CCNC(=NCc1nccc2ccccc12)NCC1(C)CCCS1.I. The van der Waals surface area contributed by atoms with Crippen LogP contribution in [0.3, 0.4) is 0 Å². The minimum atomic E-state index is 0. The first-order valence-corrected chi connectivity index (χ1v) is 9.67. The molecule has 2 heterocycles. The van der Waals surface area contributed by atoms with Crippen LogP contribution in [0.1, 0.15) is 32.4 Å². The number of halogens is 1. The Labute approximate surface area is 171 Å². The lowest BCUT2D eigenvalue weighted by molar-refractivity contribution is 0.584. The molecule has 1 aliphatic heterocycles. The molecule has 25 heavy (non-hydrogen) atoms. The van der Waals surface area contributed by atoms with Crippen molar-refractivity contribution in [3.8, 4) is 0 Å². The summed E-state index contributed by atoms with van der Waals surface area (Å²) in [6, 6.07) is 10.4. The van der Waals surface area contributed by atoms with E-state index in [2.05, 4.69) is 65.5 Å². The van der Waals surface area contributed by atoms with E-state index in [1.807, 2.05) is 12.3 Å². The van der Waals surface area contributed by atoms with Crippen LogP contribution in [-0.4, -0.2) is 34.5 Å². The van der Waals surface area contributed by atoms with Gasteiger partial charge in [-0.15, -0.1) is 24.0 Å². The van der Waals surface area contributed by atoms with Crippen LogP contribution in [0.4, 0.5) is 0 Å². The van der Waals surface area contributed by atoms with E-state index in [1.165, 1.54) is 29.4 Å². The second-order valence-corrected chi connectivity index (χ2v) is 8.11. The van der Waals surface area contributed by atoms with Crippen LogP contribution in [0.2, 0.25) is 0 Å². The van der Waals surface area contributed by atoms with Crippen LogP contribution in [0, 0.1) is 0 Å². The fraction of sp³-hybridized carbons (Fsp3) is 0.474. The van der Waals surface area contributed by atoms with Gasteiger partial charge in [-0.05, 0) is 43.9 Å². The van der Waals surface area contributed by atoms with Gasteiger partial charge < -0.3 is 10.6 Å². The topological polar surface area (TPSA) is 49.3 Å². The third-order valence-corrected chi connectivity index (χ3v) is 5.96. The molecule has 1 aromatic heterocycles. The standard InChI is InChI=1S/C19H26N4S.HI/c1-3-20-18(23-14-19(2)10-6-12-24-19)22-13-17-16-8-5-4-7-15(16)9-11-21-17;/h4-5,7-9,11H,3,6,10,12-14H2,1-2H3,(H2,20,22,23);1H. The lowest BCUT2D eigenvalue weighted by atomic mass is 10.1. The molecule has 0 amide bonds. The minimum absolute atomic E-state index is 0. The summed E-state index contributed by atoms with van der Waals surface area (Å²) in [6.45, 7) is 6.83. The maximum atomic E-state index is 4.75. The maximum Gasteiger partial charge on any atom is 0.191 e. The van der Waals surface area contributed by atoms with Crippen molar-refractivity contribution < 1.29 is 0 Å². The maximum absolute atomic E-state index is 4.75. The molecule has 1 aliphatic rings. The third-order valence-electron chi connectivity index (χ3n) is 4.42. The van der Waals surface area contributed by atoms with Crippen molar-refractivity contribution in [3.63, 3.8) is 0 Å². The summed E-state index contributed by atoms with van der Waals surface area (Å²) in [4.78, 5) is 9.27. The molecule has 1 aromatic carbocycles. The number of nitrogens with zero attached hydrogens (tertiary/aromatic N) is 2. The molecule has 1 saturated heterocycles. The highest BCUT2D eigenvalue weighted by Gasteiger charge is 2.29. The van der Waals surface area contributed by atoms with Gasteiger partial charge in [0.25, 0.3) is 0 Å². The van der Waals surface area contributed by atoms with Gasteiger partial charge in [-0.2, -0.15) is 11.8 Å². The fourth-order valence-electron chi connectivity index (χ4n) is 3.05. The zero-order chi connectivity index (χ0) is 16.8. The smallest absolute Gasteiger partial charge is 0.191 e. The Balaban J connectivity index is 0.00000225. The van der Waals surface area contributed by atoms with E-state index in [4.69, 9.17) is 4.99 Å². The van der Waals surface area contributed by atoms with Crippen LogP contribution >= 0.6 is 35.7 Å². The molecular formula is C19H27IN4S. The van der Waals surface area contributed by atoms with Gasteiger partial charge in [0.15, 0.2) is 5.96 Å². The Hall–Kier alpha value is -1.02. The number of aliphatic imine (C=N–C) groups is 1. The highest BCUT2D eigenvalue weighted by Crippen LogP contribution is 2.36. The van der Waals surface area contributed by atoms with Crippen molar-refractivity contribution >= 4 is 52.5 Å². The van der Waals surface area contributed by atoms with Gasteiger partial charge in [-0.3, -0.25) is 4.98 Å². The van der Waals surface area contributed by atoms with Crippen LogP contribution in [0.25, 0.3) is 10.8 Å². The van der Waals surface area contributed by atoms with Crippen LogP contribution in [0.15, 0.2) is 41.5 Å². The first kappa shape index (κ1) is 20.3. The van der Waals surface area contributed by atoms with Gasteiger partial charge in [-0.1, -0.05) is 24.3 Å². The monoisotopic (exact) mass is 470 g/mol. The second-order valence-electron chi connectivity index (χ2n) is 6.43. The van der Waals surface area contributed by atoms with Crippen molar-refractivity contribution in [1.29, 1.82) is 0 Å². The molecule has 0 bridgehead atoms. The van der Waals surface area contributed by atoms with Gasteiger partial charge >= 0.3 is 0 Å². The van der Waals surface area contributed by atoms with Crippen LogP contribution in [0.5, 0.6) is 0 Å². The van der Waals surface area contributed by atoms with Gasteiger partial charge in [-0.25, -0.2) is 4.99 Å². The predicted molar refractivity (Wildman–Crippen MR) is 120 cm³/mol. The highest BCUT2D eigenvalue weighted by atomic mass is 127. The first-order valence-electron chi connectivity index (χ1n) is 8.69. The number of guanidine groups is 1. The molecule has 1 atom stereocenters. The molecule has 4 nitrogen and oxygen atoms in total. The Kier molecular flexibility index (Phi) is 7.81. The molecule has 6 heteroatoms. The number of rotatable bonds is 5. The molecule has 2 aromatic rings. The zero-order valence-electron chi connectivity index (χ0n) is 14.9. The number of nitrogens with one attached hydrogen (secondary N) is 2. The average Bonchev–Trinajstić information content (AvgIpc) is 3.04. The molecule has 136 valence electrons. The van der Waals surface area contributed by atoms with Crippen LogP contribution < -0.4 is 10.6 Å². The highest BCUT2D eigenvalue weighted by molar-refractivity contribution is 14.0. The fourth-order valence-corrected chi connectivity index (χ4v) is 4.30. The van der Waals surface area contributed by atoms with Gasteiger partial charge in [0.1, 0.15) is 0 Å². The summed E-state index contributed by atoms with van der Waals surface area (Å²) < 4.78 is 0.327. The Morgan fingerprint density at radius 3 is 2.88 bits per heavy atom. The van der Waals surface area contributed by atoms with E-state index in [0.29, 0.717) is 11.3 Å². The number of pyridine rings is 1. The first-order chi connectivity index (χ1) is 11.7. The van der Waals surface area contributed by atoms with Crippen molar-refractivity contribution in [2.45, 2.75) is 38.0 Å². The zero-order valence-corrected chi connectivity index (χ0v) is 18.1. The number of aromatic nitrogens is 1. The molecule has 1 fully saturated rings. The number of benzene rings is 1. The lowest BCUT2D eigenvalue weighted by Gasteiger charge is -2.24. The Morgan fingerprint density at radius 2 is 2.12 bits per heavy atom. The lowest BCUT2D eigenvalue weighted by Crippen LogP contribution is -2.43. The van der Waals surface area contributed by atoms with Crippen molar-refractivity contribution in [2.75, 3.05) is 18.8 Å². The number of hydrogen-bond acceptors (Lipinski definition) is 3. The number of fused-ring (bicyclic) bond motifs is 1. The van der Waals surface area contributed by atoms with Gasteiger partial charge in [0.05, 0.1) is 12.2 Å². The summed E-state index contributed by atoms with van der Waals surface area (Å²) in [7, 11) is 0. The largest absolute Gasteiger partial charge is 0.357 e. The Morgan fingerprint density at radius 1 is 1.28 bits per heavy atom. The van der Waals surface area contributed by atoms with Crippen molar-refractivity contribution in [1.82, 2.24) is 15.6 Å². The van der Waals surface area contributed by atoms with E-state index >= 15 is 0 Å². The third kappa shape index (κ3) is 5.48. The van der Waals surface area contributed by atoms with Crippen molar-refractivity contribution in [3.05, 3.63) is 42.2 Å². The Bertz CT molecular complexity index is 708. The molecule has 0 radical (unpaired) electrons. The molecular weight excluding hydrogens is 443 g/mol. The summed E-state index contributed by atoms with van der Waals surface area (Å²) in [5.41, 5.74) is 1.02. The molecule has 0 spiro atoms. The van der Waals surface area contributed by atoms with Crippen LogP contribution in [-0.2, 0) is 6.54 Å². The predicted octanol–water partition coefficient (Wildman–Crippen LogP) is 4.19. The van der Waals surface area contributed by atoms with E-state index in [1.54, 1.807) is 0 Å². The summed E-state index contributed by atoms with van der Waals surface area (Å²) in [5.74, 6) is 2.15. The van der Waals surface area contributed by atoms with Crippen molar-refractivity contribution in [2.24, 2.45) is 4.99 Å². The normalized spacial score (nSPS) is 20.3. The van der Waals surface area contributed by atoms with E-state index in [-0.39, 0.29) is 24.0 Å². The van der Waals surface area contributed by atoms with E-state index in [9.17, 15) is 0 Å². The quantitative estimate of drug-likeness (QED) is 0.391. The second kappa shape index (κ2) is 9.62.